The smallest absolute Gasteiger partial charge is 0.293 e. The molecule has 144 valence electrons. The minimum absolute atomic E-state index is 0.0548. The molecule has 0 saturated heterocycles. The van der Waals surface area contributed by atoms with E-state index in [0.717, 1.165) is 16.8 Å². The highest BCUT2D eigenvalue weighted by Crippen LogP contribution is 2.27. The lowest BCUT2D eigenvalue weighted by molar-refractivity contribution is 0.101. The molecule has 0 unspecified atom stereocenters. The van der Waals surface area contributed by atoms with Crippen LogP contribution in [-0.2, 0) is 6.54 Å². The first kappa shape index (κ1) is 18.6. The van der Waals surface area contributed by atoms with E-state index in [9.17, 15) is 9.59 Å². The number of amides is 1. The molecule has 6 nitrogen and oxygen atoms in total. The zero-order valence-corrected chi connectivity index (χ0v) is 16.1. The third kappa shape index (κ3) is 4.77. The van der Waals surface area contributed by atoms with Crippen molar-refractivity contribution in [3.63, 3.8) is 0 Å². The summed E-state index contributed by atoms with van der Waals surface area (Å²) >= 11 is 0. The Labute approximate surface area is 168 Å². The van der Waals surface area contributed by atoms with Gasteiger partial charge in [-0.3, -0.25) is 9.59 Å². The van der Waals surface area contributed by atoms with Crippen molar-refractivity contribution in [1.82, 2.24) is 14.5 Å². The van der Waals surface area contributed by atoms with E-state index in [0.29, 0.717) is 18.2 Å². The zero-order chi connectivity index (χ0) is 20.2. The summed E-state index contributed by atoms with van der Waals surface area (Å²) in [5, 5.41) is 2.67. The number of hydrogen-bond acceptors (Lipinski definition) is 4. The van der Waals surface area contributed by atoms with Crippen LogP contribution in [-0.4, -0.2) is 20.4 Å². The first-order valence-electron chi connectivity index (χ1n) is 9.49. The van der Waals surface area contributed by atoms with Crippen molar-refractivity contribution in [2.75, 3.05) is 5.32 Å². The summed E-state index contributed by atoms with van der Waals surface area (Å²) in [6.07, 6.45) is 5.41. The molecule has 1 amide bonds. The van der Waals surface area contributed by atoms with Gasteiger partial charge in [0.05, 0.1) is 6.54 Å². The first-order chi connectivity index (χ1) is 14.1. The Hall–Kier alpha value is -3.72. The Kier molecular flexibility index (Phi) is 5.21. The van der Waals surface area contributed by atoms with Gasteiger partial charge in [-0.25, -0.2) is 9.97 Å². The molecule has 1 aromatic carbocycles. The first-order valence-corrected chi connectivity index (χ1v) is 9.49. The maximum absolute atomic E-state index is 12.6. The molecule has 1 fully saturated rings. The maximum atomic E-state index is 12.6. The highest BCUT2D eigenvalue weighted by atomic mass is 16.2. The Morgan fingerprint density at radius 3 is 2.55 bits per heavy atom. The number of carbonyl (C=O) groups is 1. The molecule has 0 spiro atoms. The van der Waals surface area contributed by atoms with Gasteiger partial charge < -0.3 is 9.88 Å². The molecule has 0 aliphatic heterocycles. The molecular weight excluding hydrogens is 364 g/mol. The molecule has 0 atom stereocenters. The molecule has 4 rings (SSSR count). The number of pyridine rings is 1. The lowest BCUT2D eigenvalue weighted by atomic mass is 10.1. The van der Waals surface area contributed by atoms with E-state index < -0.39 is 5.91 Å². The van der Waals surface area contributed by atoms with Crippen molar-refractivity contribution in [1.29, 1.82) is 0 Å². The van der Waals surface area contributed by atoms with E-state index >= 15 is 0 Å². The average molecular weight is 384 g/mol. The number of rotatable bonds is 4. The summed E-state index contributed by atoms with van der Waals surface area (Å²) in [7, 11) is 0. The number of anilines is 1. The van der Waals surface area contributed by atoms with Gasteiger partial charge in [-0.1, -0.05) is 24.0 Å². The molecule has 29 heavy (non-hydrogen) atoms. The van der Waals surface area contributed by atoms with Crippen molar-refractivity contribution < 1.29 is 4.79 Å². The molecule has 2 heterocycles. The van der Waals surface area contributed by atoms with Gasteiger partial charge in [-0.05, 0) is 49.6 Å². The van der Waals surface area contributed by atoms with Crippen LogP contribution in [0.2, 0.25) is 0 Å². The average Bonchev–Trinajstić information content (AvgIpc) is 3.55. The Morgan fingerprint density at radius 2 is 1.90 bits per heavy atom. The van der Waals surface area contributed by atoms with Gasteiger partial charge in [-0.2, -0.15) is 0 Å². The Morgan fingerprint density at radius 1 is 1.17 bits per heavy atom. The molecule has 0 bridgehead atoms. The minimum Gasteiger partial charge on any atom is -0.319 e. The summed E-state index contributed by atoms with van der Waals surface area (Å²) in [5.74, 6) is 6.61. The van der Waals surface area contributed by atoms with Gasteiger partial charge in [-0.15, -0.1) is 0 Å². The molecular formula is C23H20N4O2. The van der Waals surface area contributed by atoms with Gasteiger partial charge in [0.2, 0.25) is 5.82 Å². The van der Waals surface area contributed by atoms with Crippen LogP contribution in [0.3, 0.4) is 0 Å². The summed E-state index contributed by atoms with van der Waals surface area (Å²) in [6, 6.07) is 12.8. The van der Waals surface area contributed by atoms with E-state index in [1.165, 1.54) is 31.3 Å². The summed E-state index contributed by atoms with van der Waals surface area (Å²) in [4.78, 5) is 32.6. The van der Waals surface area contributed by atoms with Crippen LogP contribution in [0.15, 0.2) is 59.7 Å². The van der Waals surface area contributed by atoms with E-state index in [-0.39, 0.29) is 11.4 Å². The van der Waals surface area contributed by atoms with E-state index in [1.807, 2.05) is 31.2 Å². The highest BCUT2D eigenvalue weighted by Gasteiger charge is 2.17. The van der Waals surface area contributed by atoms with Crippen molar-refractivity contribution in [2.45, 2.75) is 26.3 Å². The van der Waals surface area contributed by atoms with E-state index in [2.05, 4.69) is 27.1 Å². The minimum atomic E-state index is -0.454. The standard InChI is InChI=1S/C23H20N4O2/c1-16-13-20(26-23(29)22-24-11-2-12-25-22)14-21(28)27(16)15-19-9-7-18(8-10-19)6-5-17-3-4-17/h2,7-14,17H,3-4,15H2,1H3,(H,26,29). The second kappa shape index (κ2) is 8.11. The number of carbonyl (C=O) groups excluding carboxylic acids is 1. The number of aromatic nitrogens is 3. The summed E-state index contributed by atoms with van der Waals surface area (Å²) in [5.41, 5.74) is 2.99. The van der Waals surface area contributed by atoms with Crippen molar-refractivity contribution >= 4 is 11.6 Å². The molecule has 2 aromatic heterocycles. The molecule has 1 aliphatic rings. The molecule has 1 N–H and O–H groups in total. The largest absolute Gasteiger partial charge is 0.319 e. The fraction of sp³-hybridized carbons (Fsp3) is 0.217. The summed E-state index contributed by atoms with van der Waals surface area (Å²) < 4.78 is 1.67. The predicted molar refractivity (Wildman–Crippen MR) is 111 cm³/mol. The van der Waals surface area contributed by atoms with Gasteiger partial charge in [0.25, 0.3) is 11.5 Å². The van der Waals surface area contributed by atoms with E-state index in [1.54, 1.807) is 16.7 Å². The van der Waals surface area contributed by atoms with Crippen LogP contribution in [0, 0.1) is 24.7 Å². The fourth-order valence-electron chi connectivity index (χ4n) is 2.90. The zero-order valence-electron chi connectivity index (χ0n) is 16.1. The van der Waals surface area contributed by atoms with Crippen LogP contribution in [0.5, 0.6) is 0 Å². The van der Waals surface area contributed by atoms with Crippen LogP contribution in [0.4, 0.5) is 5.69 Å². The van der Waals surface area contributed by atoms with Crippen LogP contribution >= 0.6 is 0 Å². The van der Waals surface area contributed by atoms with Crippen LogP contribution in [0.25, 0.3) is 0 Å². The van der Waals surface area contributed by atoms with Gasteiger partial charge in [0.1, 0.15) is 0 Å². The van der Waals surface area contributed by atoms with E-state index in [4.69, 9.17) is 0 Å². The van der Waals surface area contributed by atoms with Crippen molar-refractivity contribution in [2.24, 2.45) is 5.92 Å². The number of nitrogens with one attached hydrogen (secondary N) is 1. The van der Waals surface area contributed by atoms with Crippen LogP contribution < -0.4 is 10.9 Å². The number of hydrogen-bond donors (Lipinski definition) is 1. The second-order valence-corrected chi connectivity index (χ2v) is 7.08. The third-order valence-corrected chi connectivity index (χ3v) is 4.65. The van der Waals surface area contributed by atoms with Crippen LogP contribution in [0.1, 0.15) is 40.3 Å². The Bertz CT molecular complexity index is 1150. The van der Waals surface area contributed by atoms with Crippen molar-refractivity contribution in [3.05, 3.63) is 87.9 Å². The Balaban J connectivity index is 1.48. The van der Waals surface area contributed by atoms with Gasteiger partial charge in [0, 0.05) is 41.3 Å². The SMILES string of the molecule is Cc1cc(NC(=O)c2ncccn2)cc(=O)n1Cc1ccc(C#CC2CC2)cc1. The number of aryl methyl sites for hydroxylation is 1. The predicted octanol–water partition coefficient (Wildman–Crippen LogP) is 3.01. The topological polar surface area (TPSA) is 76.9 Å². The lowest BCUT2D eigenvalue weighted by Gasteiger charge is -2.12. The quantitative estimate of drug-likeness (QED) is 0.702. The normalized spacial score (nSPS) is 12.7. The maximum Gasteiger partial charge on any atom is 0.293 e. The molecule has 3 aromatic rings. The number of benzene rings is 1. The fourth-order valence-corrected chi connectivity index (χ4v) is 2.90. The monoisotopic (exact) mass is 384 g/mol. The molecule has 0 radical (unpaired) electrons. The molecule has 1 saturated carbocycles. The highest BCUT2D eigenvalue weighted by molar-refractivity contribution is 6.01. The summed E-state index contributed by atoms with van der Waals surface area (Å²) in [6.45, 7) is 2.29. The van der Waals surface area contributed by atoms with Crippen molar-refractivity contribution in [3.8, 4) is 11.8 Å². The van der Waals surface area contributed by atoms with Gasteiger partial charge >= 0.3 is 0 Å². The molecule has 1 aliphatic carbocycles. The lowest BCUT2D eigenvalue weighted by Crippen LogP contribution is -2.24. The number of nitrogens with zero attached hydrogens (tertiary/aromatic N) is 3. The third-order valence-electron chi connectivity index (χ3n) is 4.65. The second-order valence-electron chi connectivity index (χ2n) is 7.08. The van der Waals surface area contributed by atoms with Gasteiger partial charge in [0.15, 0.2) is 0 Å². The molecule has 6 heteroatoms.